The van der Waals surface area contributed by atoms with Gasteiger partial charge in [-0.3, -0.25) is 0 Å². The van der Waals surface area contributed by atoms with Crippen molar-refractivity contribution >= 4 is 65.6 Å². The number of rotatable bonds is 4. The Hall–Kier alpha value is -6.84. The van der Waals surface area contributed by atoms with Crippen molar-refractivity contribution in [3.8, 4) is 33.6 Å². The zero-order valence-electron chi connectivity index (χ0n) is 27.6. The molecule has 0 N–H and O–H groups in total. The van der Waals surface area contributed by atoms with E-state index in [4.69, 9.17) is 4.42 Å². The lowest BCUT2D eigenvalue weighted by Gasteiger charge is -2.17. The van der Waals surface area contributed by atoms with Crippen LogP contribution in [0.2, 0.25) is 0 Å². The molecule has 3 aromatic heterocycles. The van der Waals surface area contributed by atoms with Gasteiger partial charge in [0.15, 0.2) is 5.58 Å². The normalized spacial score (nSPS) is 11.9. The Labute approximate surface area is 293 Å². The highest BCUT2D eigenvalue weighted by Gasteiger charge is 2.23. The minimum absolute atomic E-state index is 0.892. The quantitative estimate of drug-likeness (QED) is 0.186. The third-order valence-electron chi connectivity index (χ3n) is 10.5. The molecule has 0 aliphatic rings. The number of hydrogen-bond donors (Lipinski definition) is 0. The summed E-state index contributed by atoms with van der Waals surface area (Å²) in [5.74, 6) is 0. The van der Waals surface area contributed by atoms with Gasteiger partial charge in [-0.2, -0.15) is 0 Å². The predicted molar refractivity (Wildman–Crippen MR) is 213 cm³/mol. The fraction of sp³-hybridized carbons (Fsp3) is 0. The predicted octanol–water partition coefficient (Wildman–Crippen LogP) is 13.1. The molecule has 0 aliphatic carbocycles. The zero-order chi connectivity index (χ0) is 33.5. The molecule has 3 heteroatoms. The number of para-hydroxylation sites is 5. The number of hydrogen-bond acceptors (Lipinski definition) is 1. The van der Waals surface area contributed by atoms with Crippen molar-refractivity contribution in [1.82, 2.24) is 9.13 Å². The summed E-state index contributed by atoms with van der Waals surface area (Å²) >= 11 is 0. The average molecular weight is 651 g/mol. The SMILES string of the molecule is c1ccc(-c2ccc3c4ccccc4n(-c4ccccc4)c3c2-c2ccc3c4ccccc4n(-c4cccc5c4oc4ccccc45)c3c2)cc1. The van der Waals surface area contributed by atoms with Crippen molar-refractivity contribution in [2.45, 2.75) is 0 Å². The van der Waals surface area contributed by atoms with E-state index in [9.17, 15) is 0 Å². The second kappa shape index (κ2) is 10.8. The molecule has 0 amide bonds. The Morgan fingerprint density at radius 1 is 0.373 bits per heavy atom. The molecule has 51 heavy (non-hydrogen) atoms. The van der Waals surface area contributed by atoms with E-state index in [-0.39, 0.29) is 0 Å². The van der Waals surface area contributed by atoms with Gasteiger partial charge in [0, 0.05) is 43.6 Å². The monoisotopic (exact) mass is 650 g/mol. The van der Waals surface area contributed by atoms with Crippen molar-refractivity contribution in [1.29, 1.82) is 0 Å². The van der Waals surface area contributed by atoms with Crippen molar-refractivity contribution in [2.75, 3.05) is 0 Å². The van der Waals surface area contributed by atoms with Gasteiger partial charge in [0.2, 0.25) is 0 Å². The second-order valence-electron chi connectivity index (χ2n) is 13.3. The molecular formula is C48H30N2O. The van der Waals surface area contributed by atoms with Crippen molar-refractivity contribution in [2.24, 2.45) is 0 Å². The molecule has 8 aromatic carbocycles. The fourth-order valence-corrected chi connectivity index (χ4v) is 8.35. The average Bonchev–Trinajstić information content (AvgIpc) is 3.86. The highest BCUT2D eigenvalue weighted by atomic mass is 16.3. The Balaban J connectivity index is 1.29. The molecule has 11 rings (SSSR count). The maximum Gasteiger partial charge on any atom is 0.159 e. The third kappa shape index (κ3) is 4.06. The summed E-state index contributed by atoms with van der Waals surface area (Å²) in [5, 5.41) is 7.14. The first-order valence-corrected chi connectivity index (χ1v) is 17.4. The number of benzene rings is 8. The van der Waals surface area contributed by atoms with Gasteiger partial charge in [0.25, 0.3) is 0 Å². The lowest BCUT2D eigenvalue weighted by molar-refractivity contribution is 0.666. The first-order chi connectivity index (χ1) is 25.3. The van der Waals surface area contributed by atoms with E-state index in [1.165, 1.54) is 49.3 Å². The second-order valence-corrected chi connectivity index (χ2v) is 13.3. The van der Waals surface area contributed by atoms with Crippen LogP contribution < -0.4 is 0 Å². The standard InChI is InChI=1S/C48H30N2O/c1-3-14-31(15-4-1)34-28-29-39-36-19-8-10-22-41(36)49(33-16-5-2-6-17-33)47(39)46(34)32-26-27-37-35-18-7-11-23-42(35)50(44(37)30-32)43-24-13-21-40-38-20-9-12-25-45(38)51-48(40)43/h1-30H. The molecule has 11 aromatic rings. The van der Waals surface area contributed by atoms with Gasteiger partial charge in [-0.15, -0.1) is 0 Å². The van der Waals surface area contributed by atoms with Crippen LogP contribution in [-0.2, 0) is 0 Å². The van der Waals surface area contributed by atoms with E-state index >= 15 is 0 Å². The van der Waals surface area contributed by atoms with Gasteiger partial charge in [0.1, 0.15) is 5.58 Å². The van der Waals surface area contributed by atoms with Gasteiger partial charge in [0.05, 0.1) is 27.8 Å². The van der Waals surface area contributed by atoms with Crippen LogP contribution in [0.5, 0.6) is 0 Å². The topological polar surface area (TPSA) is 23.0 Å². The summed E-state index contributed by atoms with van der Waals surface area (Å²) in [6.07, 6.45) is 0. The summed E-state index contributed by atoms with van der Waals surface area (Å²) in [5.41, 5.74) is 13.4. The smallest absolute Gasteiger partial charge is 0.159 e. The summed E-state index contributed by atoms with van der Waals surface area (Å²) in [4.78, 5) is 0. The molecule has 238 valence electrons. The highest BCUT2D eigenvalue weighted by Crippen LogP contribution is 2.45. The largest absolute Gasteiger partial charge is 0.454 e. The van der Waals surface area contributed by atoms with Crippen LogP contribution in [0.15, 0.2) is 186 Å². The Kier molecular flexibility index (Phi) is 5.96. The fourth-order valence-electron chi connectivity index (χ4n) is 8.35. The van der Waals surface area contributed by atoms with E-state index in [1.54, 1.807) is 0 Å². The number of aromatic nitrogens is 2. The lowest BCUT2D eigenvalue weighted by Crippen LogP contribution is -1.98. The van der Waals surface area contributed by atoms with E-state index in [0.717, 1.165) is 49.9 Å². The maximum absolute atomic E-state index is 6.63. The summed E-state index contributed by atoms with van der Waals surface area (Å²) in [7, 11) is 0. The number of furan rings is 1. The minimum atomic E-state index is 0.892. The molecule has 0 bridgehead atoms. The molecule has 0 aliphatic heterocycles. The van der Waals surface area contributed by atoms with Crippen LogP contribution in [0, 0.1) is 0 Å². The van der Waals surface area contributed by atoms with Crippen LogP contribution in [-0.4, -0.2) is 9.13 Å². The number of nitrogens with zero attached hydrogens (tertiary/aromatic N) is 2. The molecule has 0 fully saturated rings. The molecule has 0 saturated heterocycles. The highest BCUT2D eigenvalue weighted by molar-refractivity contribution is 6.18. The molecule has 0 spiro atoms. The summed E-state index contributed by atoms with van der Waals surface area (Å²) < 4.78 is 11.5. The van der Waals surface area contributed by atoms with Gasteiger partial charge in [-0.25, -0.2) is 0 Å². The third-order valence-corrected chi connectivity index (χ3v) is 10.5. The minimum Gasteiger partial charge on any atom is -0.454 e. The van der Waals surface area contributed by atoms with Crippen LogP contribution in [0.1, 0.15) is 0 Å². The van der Waals surface area contributed by atoms with Gasteiger partial charge in [-0.1, -0.05) is 140 Å². The first kappa shape index (κ1) is 28.0. The molecule has 0 atom stereocenters. The van der Waals surface area contributed by atoms with E-state index in [0.29, 0.717) is 0 Å². The van der Waals surface area contributed by atoms with Crippen LogP contribution >= 0.6 is 0 Å². The molecular weight excluding hydrogens is 621 g/mol. The first-order valence-electron chi connectivity index (χ1n) is 17.4. The zero-order valence-corrected chi connectivity index (χ0v) is 27.6. The van der Waals surface area contributed by atoms with Gasteiger partial charge < -0.3 is 13.6 Å². The van der Waals surface area contributed by atoms with Gasteiger partial charge >= 0.3 is 0 Å². The van der Waals surface area contributed by atoms with Crippen LogP contribution in [0.25, 0.3) is 99.2 Å². The van der Waals surface area contributed by atoms with Crippen LogP contribution in [0.3, 0.4) is 0 Å². The molecule has 0 radical (unpaired) electrons. The Morgan fingerprint density at radius 3 is 1.78 bits per heavy atom. The maximum atomic E-state index is 6.63. The van der Waals surface area contributed by atoms with E-state index in [2.05, 4.69) is 185 Å². The number of fused-ring (bicyclic) bond motifs is 9. The van der Waals surface area contributed by atoms with Crippen LogP contribution in [0.4, 0.5) is 0 Å². The van der Waals surface area contributed by atoms with E-state index < -0.39 is 0 Å². The van der Waals surface area contributed by atoms with Crippen molar-refractivity contribution in [3.63, 3.8) is 0 Å². The Morgan fingerprint density at radius 2 is 0.980 bits per heavy atom. The van der Waals surface area contributed by atoms with E-state index in [1.807, 2.05) is 6.07 Å². The lowest BCUT2D eigenvalue weighted by atomic mass is 9.91. The molecule has 0 unspecified atom stereocenters. The van der Waals surface area contributed by atoms with Gasteiger partial charge in [-0.05, 0) is 59.2 Å². The molecule has 3 heterocycles. The summed E-state index contributed by atoms with van der Waals surface area (Å²) in [6, 6.07) is 65.5. The Bertz CT molecular complexity index is 3130. The molecule has 0 saturated carbocycles. The van der Waals surface area contributed by atoms with Crippen molar-refractivity contribution in [3.05, 3.63) is 182 Å². The van der Waals surface area contributed by atoms with Crippen molar-refractivity contribution < 1.29 is 4.42 Å². The summed E-state index contributed by atoms with van der Waals surface area (Å²) in [6.45, 7) is 0. The molecule has 3 nitrogen and oxygen atoms in total.